The minimum atomic E-state index is 0.633. The molecule has 16 heavy (non-hydrogen) atoms. The van der Waals surface area contributed by atoms with Gasteiger partial charge in [0.25, 0.3) is 0 Å². The van der Waals surface area contributed by atoms with Crippen molar-refractivity contribution < 1.29 is 4.74 Å². The summed E-state index contributed by atoms with van der Waals surface area (Å²) in [7, 11) is 1.66. The lowest BCUT2D eigenvalue weighted by molar-refractivity contribution is 0.407. The average molecular weight is 302 g/mol. The Hall–Kier alpha value is -1.00. The van der Waals surface area contributed by atoms with E-state index in [-0.39, 0.29) is 0 Å². The molecule has 0 bridgehead atoms. The van der Waals surface area contributed by atoms with Crippen LogP contribution in [-0.2, 0) is 6.54 Å². The van der Waals surface area contributed by atoms with E-state index in [9.17, 15) is 0 Å². The van der Waals surface area contributed by atoms with Crippen LogP contribution in [0.5, 0.6) is 5.75 Å². The summed E-state index contributed by atoms with van der Waals surface area (Å²) < 4.78 is 8.07. The Morgan fingerprint density at radius 3 is 2.94 bits per heavy atom. The summed E-state index contributed by atoms with van der Waals surface area (Å²) in [5, 5.41) is 4.76. The molecule has 0 spiro atoms. The Bertz CT molecular complexity index is 498. The third-order valence-electron chi connectivity index (χ3n) is 2.18. The number of benzene rings is 1. The van der Waals surface area contributed by atoms with Gasteiger partial charge in [-0.25, -0.2) is 0 Å². The normalized spacial score (nSPS) is 10.4. The number of hydrogen-bond donors (Lipinski definition) is 0. The van der Waals surface area contributed by atoms with E-state index >= 15 is 0 Å². The molecule has 0 amide bonds. The number of methoxy groups -OCH3 is 1. The zero-order chi connectivity index (χ0) is 11.5. The van der Waals surface area contributed by atoms with Gasteiger partial charge in [0.05, 0.1) is 24.9 Å². The van der Waals surface area contributed by atoms with Gasteiger partial charge in [-0.1, -0.05) is 27.5 Å². The van der Waals surface area contributed by atoms with E-state index < -0.39 is 0 Å². The third kappa shape index (κ3) is 2.57. The molecule has 1 heterocycles. The summed E-state index contributed by atoms with van der Waals surface area (Å²) >= 11 is 9.24. The predicted octanol–water partition coefficient (Wildman–Crippen LogP) is 3.36. The zero-order valence-electron chi connectivity index (χ0n) is 8.65. The summed E-state index contributed by atoms with van der Waals surface area (Å²) in [6.45, 7) is 0.634. The first-order chi connectivity index (χ1) is 7.69. The molecule has 2 rings (SSSR count). The lowest BCUT2D eigenvalue weighted by atomic mass is 10.2. The first-order valence-electron chi connectivity index (χ1n) is 4.69. The van der Waals surface area contributed by atoms with Gasteiger partial charge >= 0.3 is 0 Å². The van der Waals surface area contributed by atoms with E-state index in [1.165, 1.54) is 0 Å². The van der Waals surface area contributed by atoms with Gasteiger partial charge in [0, 0.05) is 16.2 Å². The maximum absolute atomic E-state index is 5.81. The van der Waals surface area contributed by atoms with E-state index in [0.717, 1.165) is 15.8 Å². The number of halogens is 2. The van der Waals surface area contributed by atoms with Crippen LogP contribution in [0, 0.1) is 0 Å². The quantitative estimate of drug-likeness (QED) is 0.869. The van der Waals surface area contributed by atoms with Crippen molar-refractivity contribution in [2.24, 2.45) is 0 Å². The van der Waals surface area contributed by atoms with Crippen LogP contribution in [0.2, 0.25) is 5.02 Å². The SMILES string of the molecule is COc1ccc(Br)cc1Cn1cc(Cl)cn1. The second-order valence-electron chi connectivity index (χ2n) is 3.31. The number of rotatable bonds is 3. The second-order valence-corrected chi connectivity index (χ2v) is 4.66. The Kier molecular flexibility index (Phi) is 3.51. The minimum absolute atomic E-state index is 0.633. The molecule has 5 heteroatoms. The Morgan fingerprint density at radius 2 is 2.31 bits per heavy atom. The van der Waals surface area contributed by atoms with Gasteiger partial charge < -0.3 is 4.74 Å². The maximum atomic E-state index is 5.81. The third-order valence-corrected chi connectivity index (χ3v) is 2.86. The van der Waals surface area contributed by atoms with E-state index in [0.29, 0.717) is 11.6 Å². The standard InChI is InChI=1S/C11H10BrClN2O/c1-16-11-3-2-9(12)4-8(11)6-15-7-10(13)5-14-15/h2-5,7H,6H2,1H3. The molecule has 1 aromatic heterocycles. The van der Waals surface area contributed by atoms with Crippen molar-refractivity contribution in [1.82, 2.24) is 9.78 Å². The van der Waals surface area contributed by atoms with Crippen molar-refractivity contribution in [1.29, 1.82) is 0 Å². The smallest absolute Gasteiger partial charge is 0.124 e. The molecule has 84 valence electrons. The molecular formula is C11H10BrClN2O. The van der Waals surface area contributed by atoms with Crippen LogP contribution in [0.15, 0.2) is 35.1 Å². The summed E-state index contributed by atoms with van der Waals surface area (Å²) in [5.74, 6) is 0.842. The van der Waals surface area contributed by atoms with Crippen LogP contribution in [0.1, 0.15) is 5.56 Å². The second kappa shape index (κ2) is 4.89. The van der Waals surface area contributed by atoms with E-state index in [4.69, 9.17) is 16.3 Å². The highest BCUT2D eigenvalue weighted by Crippen LogP contribution is 2.23. The van der Waals surface area contributed by atoms with Crippen LogP contribution >= 0.6 is 27.5 Å². The predicted molar refractivity (Wildman–Crippen MR) is 67.0 cm³/mol. The molecule has 0 N–H and O–H groups in total. The molecule has 1 aromatic carbocycles. The highest BCUT2D eigenvalue weighted by Gasteiger charge is 2.05. The molecule has 0 fully saturated rings. The van der Waals surface area contributed by atoms with Gasteiger partial charge in [-0.05, 0) is 18.2 Å². The summed E-state index contributed by atoms with van der Waals surface area (Å²) in [4.78, 5) is 0. The highest BCUT2D eigenvalue weighted by atomic mass is 79.9. The average Bonchev–Trinajstić information content (AvgIpc) is 2.64. The van der Waals surface area contributed by atoms with Gasteiger partial charge in [-0.2, -0.15) is 5.10 Å². The van der Waals surface area contributed by atoms with Gasteiger partial charge in [-0.15, -0.1) is 0 Å². The van der Waals surface area contributed by atoms with Gasteiger partial charge in [0.1, 0.15) is 5.75 Å². The Morgan fingerprint density at radius 1 is 1.50 bits per heavy atom. The van der Waals surface area contributed by atoms with Crippen LogP contribution < -0.4 is 4.74 Å². The molecule has 3 nitrogen and oxygen atoms in total. The molecule has 0 aliphatic carbocycles. The van der Waals surface area contributed by atoms with Crippen molar-refractivity contribution in [3.8, 4) is 5.75 Å². The van der Waals surface area contributed by atoms with Crippen molar-refractivity contribution >= 4 is 27.5 Å². The van der Waals surface area contributed by atoms with Crippen LogP contribution in [0.25, 0.3) is 0 Å². The largest absolute Gasteiger partial charge is 0.496 e. The first-order valence-corrected chi connectivity index (χ1v) is 5.86. The van der Waals surface area contributed by atoms with E-state index in [2.05, 4.69) is 21.0 Å². The maximum Gasteiger partial charge on any atom is 0.124 e. The minimum Gasteiger partial charge on any atom is -0.496 e. The summed E-state index contributed by atoms with van der Waals surface area (Å²) in [6.07, 6.45) is 3.40. The molecule has 0 saturated carbocycles. The fourth-order valence-electron chi connectivity index (χ4n) is 1.47. The van der Waals surface area contributed by atoms with E-state index in [1.54, 1.807) is 24.2 Å². The Balaban J connectivity index is 2.29. The lowest BCUT2D eigenvalue weighted by Crippen LogP contribution is -2.02. The van der Waals surface area contributed by atoms with Crippen molar-refractivity contribution in [3.63, 3.8) is 0 Å². The van der Waals surface area contributed by atoms with Gasteiger partial charge in [0.15, 0.2) is 0 Å². The van der Waals surface area contributed by atoms with Crippen molar-refractivity contribution in [2.75, 3.05) is 7.11 Å². The highest BCUT2D eigenvalue weighted by molar-refractivity contribution is 9.10. The molecule has 0 atom stereocenters. The van der Waals surface area contributed by atoms with Gasteiger partial charge in [0.2, 0.25) is 0 Å². The number of aromatic nitrogens is 2. The topological polar surface area (TPSA) is 27.1 Å². The molecule has 2 aromatic rings. The molecule has 0 unspecified atom stereocenters. The summed E-state index contributed by atoms with van der Waals surface area (Å²) in [6, 6.07) is 5.87. The lowest BCUT2D eigenvalue weighted by Gasteiger charge is -2.08. The molecule has 0 aliphatic rings. The fraction of sp³-hybridized carbons (Fsp3) is 0.182. The molecule has 0 radical (unpaired) electrons. The number of nitrogens with zero attached hydrogens (tertiary/aromatic N) is 2. The first kappa shape index (κ1) is 11.5. The van der Waals surface area contributed by atoms with Crippen LogP contribution in [-0.4, -0.2) is 16.9 Å². The molecule has 0 saturated heterocycles. The monoisotopic (exact) mass is 300 g/mol. The Labute approximate surface area is 107 Å². The van der Waals surface area contributed by atoms with Crippen LogP contribution in [0.4, 0.5) is 0 Å². The molecule has 0 aliphatic heterocycles. The zero-order valence-corrected chi connectivity index (χ0v) is 11.0. The fourth-order valence-corrected chi connectivity index (χ4v) is 2.03. The van der Waals surface area contributed by atoms with Crippen LogP contribution in [0.3, 0.4) is 0 Å². The summed E-state index contributed by atoms with van der Waals surface area (Å²) in [5.41, 5.74) is 1.05. The van der Waals surface area contributed by atoms with Crippen molar-refractivity contribution in [2.45, 2.75) is 6.54 Å². The van der Waals surface area contributed by atoms with E-state index in [1.807, 2.05) is 18.2 Å². The molecular weight excluding hydrogens is 291 g/mol. The number of ether oxygens (including phenoxy) is 1. The number of hydrogen-bond acceptors (Lipinski definition) is 2. The van der Waals surface area contributed by atoms with Gasteiger partial charge in [-0.3, -0.25) is 4.68 Å². The van der Waals surface area contributed by atoms with Crippen molar-refractivity contribution in [3.05, 3.63) is 45.7 Å².